The SMILES string of the molecule is CC[C@H](C)[C@@H](O)[C@@H](C)[C@H](C/C=C/C=C\C(N)=O)O[Si](CC)(CC)CC. The Morgan fingerprint density at radius 1 is 1.12 bits per heavy atom. The molecule has 4 atom stereocenters. The van der Waals surface area contributed by atoms with Gasteiger partial charge >= 0.3 is 0 Å². The van der Waals surface area contributed by atoms with E-state index in [0.29, 0.717) is 0 Å². The van der Waals surface area contributed by atoms with Crippen molar-refractivity contribution < 1.29 is 14.3 Å². The molecular formula is C20H39NO3Si. The van der Waals surface area contributed by atoms with Crippen molar-refractivity contribution in [2.75, 3.05) is 0 Å². The van der Waals surface area contributed by atoms with Gasteiger partial charge in [0.1, 0.15) is 0 Å². The van der Waals surface area contributed by atoms with Gasteiger partial charge in [-0.1, -0.05) is 66.2 Å². The van der Waals surface area contributed by atoms with Crippen LogP contribution in [0.25, 0.3) is 0 Å². The summed E-state index contributed by atoms with van der Waals surface area (Å²) in [4.78, 5) is 10.8. The number of aliphatic hydroxyl groups excluding tert-OH is 1. The van der Waals surface area contributed by atoms with Crippen molar-refractivity contribution in [1.82, 2.24) is 0 Å². The zero-order valence-electron chi connectivity index (χ0n) is 17.0. The largest absolute Gasteiger partial charge is 0.413 e. The lowest BCUT2D eigenvalue weighted by Gasteiger charge is -2.38. The average molecular weight is 370 g/mol. The fraction of sp³-hybridized carbons (Fsp3) is 0.750. The molecule has 0 aromatic rings. The van der Waals surface area contributed by atoms with Gasteiger partial charge in [-0.3, -0.25) is 4.79 Å². The Morgan fingerprint density at radius 3 is 2.12 bits per heavy atom. The topological polar surface area (TPSA) is 72.5 Å². The summed E-state index contributed by atoms with van der Waals surface area (Å²) in [5, 5.41) is 10.7. The number of primary amides is 1. The van der Waals surface area contributed by atoms with E-state index in [9.17, 15) is 9.90 Å². The van der Waals surface area contributed by atoms with Crippen LogP contribution in [0.5, 0.6) is 0 Å². The Hall–Kier alpha value is -0.913. The predicted molar refractivity (Wildman–Crippen MR) is 109 cm³/mol. The van der Waals surface area contributed by atoms with Crippen molar-refractivity contribution in [3.8, 4) is 0 Å². The molecule has 3 N–H and O–H groups in total. The normalized spacial score (nSPS) is 17.7. The van der Waals surface area contributed by atoms with Crippen LogP contribution >= 0.6 is 0 Å². The minimum atomic E-state index is -1.76. The number of carbonyl (C=O) groups is 1. The molecule has 0 fully saturated rings. The molecule has 5 heteroatoms. The van der Waals surface area contributed by atoms with Gasteiger partial charge in [0.2, 0.25) is 5.91 Å². The van der Waals surface area contributed by atoms with Crippen LogP contribution in [0.15, 0.2) is 24.3 Å². The highest BCUT2D eigenvalue weighted by molar-refractivity contribution is 6.73. The van der Waals surface area contributed by atoms with Gasteiger partial charge in [-0.15, -0.1) is 0 Å². The van der Waals surface area contributed by atoms with Crippen LogP contribution in [-0.2, 0) is 9.22 Å². The number of aliphatic hydroxyl groups is 1. The molecule has 0 aromatic heterocycles. The molecule has 4 nitrogen and oxygen atoms in total. The van der Waals surface area contributed by atoms with Gasteiger partial charge in [0.15, 0.2) is 8.32 Å². The second kappa shape index (κ2) is 12.4. The quantitative estimate of drug-likeness (QED) is 0.287. The van der Waals surface area contributed by atoms with Crippen LogP contribution in [0.3, 0.4) is 0 Å². The molecule has 0 heterocycles. The molecule has 0 spiro atoms. The lowest BCUT2D eigenvalue weighted by Crippen LogP contribution is -2.45. The number of hydrogen-bond acceptors (Lipinski definition) is 3. The van der Waals surface area contributed by atoms with E-state index in [1.54, 1.807) is 6.08 Å². The third kappa shape index (κ3) is 8.34. The highest BCUT2D eigenvalue weighted by atomic mass is 28.4. The van der Waals surface area contributed by atoms with E-state index in [0.717, 1.165) is 31.0 Å². The van der Waals surface area contributed by atoms with Crippen molar-refractivity contribution in [2.24, 2.45) is 17.6 Å². The summed E-state index contributed by atoms with van der Waals surface area (Å²) in [6.45, 7) is 12.9. The number of allylic oxidation sites excluding steroid dienone is 2. The number of rotatable bonds is 13. The number of amides is 1. The highest BCUT2D eigenvalue weighted by Crippen LogP contribution is 2.30. The minimum absolute atomic E-state index is 0.00579. The van der Waals surface area contributed by atoms with Crippen LogP contribution in [0.1, 0.15) is 54.4 Å². The number of nitrogens with two attached hydrogens (primary N) is 1. The first-order valence-electron chi connectivity index (χ1n) is 9.75. The molecule has 0 saturated heterocycles. The van der Waals surface area contributed by atoms with Gasteiger partial charge < -0.3 is 15.3 Å². The van der Waals surface area contributed by atoms with Gasteiger partial charge in [-0.2, -0.15) is 0 Å². The summed E-state index contributed by atoms with van der Waals surface area (Å²) in [6, 6.07) is 3.27. The van der Waals surface area contributed by atoms with Gasteiger partial charge in [0, 0.05) is 12.0 Å². The third-order valence-electron chi connectivity index (χ3n) is 5.56. The van der Waals surface area contributed by atoms with Crippen LogP contribution < -0.4 is 5.73 Å². The molecule has 0 saturated carbocycles. The van der Waals surface area contributed by atoms with Gasteiger partial charge in [0.05, 0.1) is 12.2 Å². The highest BCUT2D eigenvalue weighted by Gasteiger charge is 2.36. The van der Waals surface area contributed by atoms with Crippen molar-refractivity contribution >= 4 is 14.2 Å². The second-order valence-electron chi connectivity index (χ2n) is 7.06. The Labute approximate surface area is 155 Å². The van der Waals surface area contributed by atoms with E-state index in [4.69, 9.17) is 10.2 Å². The lowest BCUT2D eigenvalue weighted by molar-refractivity contribution is -0.113. The maximum Gasteiger partial charge on any atom is 0.241 e. The molecule has 0 aromatic carbocycles. The average Bonchev–Trinajstić information content (AvgIpc) is 2.62. The van der Waals surface area contributed by atoms with E-state index >= 15 is 0 Å². The van der Waals surface area contributed by atoms with Gasteiger partial charge in [-0.05, 0) is 30.5 Å². The monoisotopic (exact) mass is 369 g/mol. The Kier molecular flexibility index (Phi) is 12.0. The van der Waals surface area contributed by atoms with Crippen LogP contribution in [0, 0.1) is 11.8 Å². The smallest absolute Gasteiger partial charge is 0.241 e. The summed E-state index contributed by atoms with van der Waals surface area (Å²) in [7, 11) is -1.76. The number of carbonyl (C=O) groups excluding carboxylic acids is 1. The third-order valence-corrected chi connectivity index (χ3v) is 10.2. The standard InChI is InChI=1S/C20H39NO3Si/c1-7-16(5)20(23)17(6)18(14-12-11-13-15-19(21)22)24-25(8-2,9-3)10-4/h11-13,15-18,20,23H,7-10,14H2,1-6H3,(H2,21,22)/b12-11+,15-13-/t16-,17-,18-,20+/m0/s1. The van der Waals surface area contributed by atoms with E-state index in [1.807, 2.05) is 12.2 Å². The molecule has 146 valence electrons. The van der Waals surface area contributed by atoms with Crippen molar-refractivity contribution in [3.05, 3.63) is 24.3 Å². The fourth-order valence-electron chi connectivity index (χ4n) is 3.11. The lowest BCUT2D eigenvalue weighted by atomic mass is 9.87. The zero-order valence-corrected chi connectivity index (χ0v) is 18.0. The molecule has 0 aliphatic heterocycles. The van der Waals surface area contributed by atoms with Crippen molar-refractivity contribution in [2.45, 2.75) is 84.7 Å². The summed E-state index contributed by atoms with van der Waals surface area (Å²) >= 11 is 0. The molecular weight excluding hydrogens is 330 g/mol. The first kappa shape index (κ1) is 24.1. The van der Waals surface area contributed by atoms with E-state index in [2.05, 4.69) is 41.5 Å². The van der Waals surface area contributed by atoms with Gasteiger partial charge in [-0.25, -0.2) is 0 Å². The Balaban J connectivity index is 5.25. The van der Waals surface area contributed by atoms with Crippen LogP contribution in [0.4, 0.5) is 0 Å². The second-order valence-corrected chi connectivity index (χ2v) is 11.8. The first-order chi connectivity index (χ1) is 11.8. The zero-order chi connectivity index (χ0) is 19.5. The molecule has 0 aliphatic rings. The predicted octanol–water partition coefficient (Wildman–Crippen LogP) is 4.41. The molecule has 1 amide bonds. The maximum atomic E-state index is 10.8. The first-order valence-corrected chi connectivity index (χ1v) is 12.3. The Morgan fingerprint density at radius 2 is 1.68 bits per heavy atom. The fourth-order valence-corrected chi connectivity index (χ4v) is 6.07. The minimum Gasteiger partial charge on any atom is -0.413 e. The molecule has 0 unspecified atom stereocenters. The summed E-state index contributed by atoms with van der Waals surface area (Å²) in [6.07, 6.45) is 8.13. The van der Waals surface area contributed by atoms with Crippen molar-refractivity contribution in [3.63, 3.8) is 0 Å². The summed E-state index contributed by atoms with van der Waals surface area (Å²) in [5.41, 5.74) is 5.10. The van der Waals surface area contributed by atoms with E-state index in [1.165, 1.54) is 6.08 Å². The van der Waals surface area contributed by atoms with Crippen LogP contribution in [-0.4, -0.2) is 31.5 Å². The van der Waals surface area contributed by atoms with Gasteiger partial charge in [0.25, 0.3) is 0 Å². The Bertz CT molecular complexity index is 424. The molecule has 25 heavy (non-hydrogen) atoms. The molecule has 0 bridgehead atoms. The van der Waals surface area contributed by atoms with E-state index < -0.39 is 14.2 Å². The molecule has 0 aliphatic carbocycles. The molecule has 0 rings (SSSR count). The van der Waals surface area contributed by atoms with Crippen LogP contribution in [0.2, 0.25) is 18.1 Å². The number of hydrogen-bond donors (Lipinski definition) is 2. The maximum absolute atomic E-state index is 10.8. The van der Waals surface area contributed by atoms with Crippen molar-refractivity contribution in [1.29, 1.82) is 0 Å². The molecule has 0 radical (unpaired) electrons. The summed E-state index contributed by atoms with van der Waals surface area (Å²) in [5.74, 6) is -0.135. The van der Waals surface area contributed by atoms with E-state index in [-0.39, 0.29) is 24.0 Å². The summed E-state index contributed by atoms with van der Waals surface area (Å²) < 4.78 is 6.70.